The molecular formula is C15H23NO2. The number of nitrogens with zero attached hydrogens (tertiary/aromatic N) is 1. The molecule has 100 valence electrons. The monoisotopic (exact) mass is 249 g/mol. The minimum Gasteiger partial charge on any atom is -0.481 e. The van der Waals surface area contributed by atoms with Gasteiger partial charge in [0.2, 0.25) is 0 Å². The molecular weight excluding hydrogens is 226 g/mol. The molecule has 3 heteroatoms. The summed E-state index contributed by atoms with van der Waals surface area (Å²) in [5, 5.41) is 8.81. The van der Waals surface area contributed by atoms with Gasteiger partial charge in [0.25, 0.3) is 0 Å². The number of aliphatic carboxylic acids is 1. The minimum absolute atomic E-state index is 0.191. The molecule has 0 unspecified atom stereocenters. The molecule has 0 atom stereocenters. The van der Waals surface area contributed by atoms with Crippen molar-refractivity contribution in [1.82, 2.24) is 0 Å². The van der Waals surface area contributed by atoms with Gasteiger partial charge in [0.05, 0.1) is 6.42 Å². The number of carboxylic acids is 1. The molecule has 0 bridgehead atoms. The molecule has 0 spiro atoms. The van der Waals surface area contributed by atoms with E-state index in [2.05, 4.69) is 43.9 Å². The van der Waals surface area contributed by atoms with Crippen molar-refractivity contribution in [3.63, 3.8) is 0 Å². The lowest BCUT2D eigenvalue weighted by Crippen LogP contribution is -2.27. The fourth-order valence-corrected chi connectivity index (χ4v) is 1.87. The fourth-order valence-electron chi connectivity index (χ4n) is 1.87. The summed E-state index contributed by atoms with van der Waals surface area (Å²) in [4.78, 5) is 12.9. The minimum atomic E-state index is -0.736. The zero-order chi connectivity index (χ0) is 13.5. The molecule has 1 N–H and O–H groups in total. The van der Waals surface area contributed by atoms with Crippen molar-refractivity contribution < 1.29 is 9.90 Å². The Kier molecular flexibility index (Phi) is 5.69. The van der Waals surface area contributed by atoms with Gasteiger partial charge < -0.3 is 10.0 Å². The summed E-state index contributed by atoms with van der Waals surface area (Å²) in [5.41, 5.74) is 3.66. The summed E-state index contributed by atoms with van der Waals surface area (Å²) >= 11 is 0. The number of benzene rings is 1. The molecule has 1 rings (SSSR count). The Balaban J connectivity index is 2.79. The van der Waals surface area contributed by atoms with Crippen LogP contribution in [0.25, 0.3) is 0 Å². The topological polar surface area (TPSA) is 40.5 Å². The highest BCUT2D eigenvalue weighted by atomic mass is 16.4. The molecule has 0 saturated heterocycles. The highest BCUT2D eigenvalue weighted by molar-refractivity contribution is 5.67. The van der Waals surface area contributed by atoms with Crippen molar-refractivity contribution in [3.8, 4) is 0 Å². The fraction of sp³-hybridized carbons (Fsp3) is 0.533. The highest BCUT2D eigenvalue weighted by Crippen LogP contribution is 2.19. The predicted octanol–water partition coefficient (Wildman–Crippen LogP) is 3.38. The first-order valence-corrected chi connectivity index (χ1v) is 6.58. The van der Waals surface area contributed by atoms with Gasteiger partial charge in [-0.1, -0.05) is 19.4 Å². The van der Waals surface area contributed by atoms with Crippen molar-refractivity contribution in [2.24, 2.45) is 0 Å². The van der Waals surface area contributed by atoms with Gasteiger partial charge in [-0.25, -0.2) is 0 Å². The lowest BCUT2D eigenvalue weighted by atomic mass is 10.1. The van der Waals surface area contributed by atoms with Gasteiger partial charge >= 0.3 is 5.97 Å². The number of carbonyl (C=O) groups is 1. The van der Waals surface area contributed by atoms with E-state index in [1.54, 1.807) is 0 Å². The second-order valence-electron chi connectivity index (χ2n) is 4.75. The Morgan fingerprint density at radius 1 is 1.22 bits per heavy atom. The lowest BCUT2D eigenvalue weighted by molar-refractivity contribution is -0.136. The average Bonchev–Trinajstić information content (AvgIpc) is 2.33. The number of hydrogen-bond donors (Lipinski definition) is 1. The van der Waals surface area contributed by atoms with Crippen LogP contribution in [0.3, 0.4) is 0 Å². The molecule has 1 aromatic carbocycles. The second kappa shape index (κ2) is 7.04. The maximum Gasteiger partial charge on any atom is 0.305 e. The van der Waals surface area contributed by atoms with Gasteiger partial charge in [0.1, 0.15) is 0 Å². The van der Waals surface area contributed by atoms with Crippen LogP contribution in [0.5, 0.6) is 0 Å². The van der Waals surface area contributed by atoms with Gasteiger partial charge in [-0.15, -0.1) is 0 Å². The Morgan fingerprint density at radius 2 is 1.94 bits per heavy atom. The molecule has 18 heavy (non-hydrogen) atoms. The van der Waals surface area contributed by atoms with E-state index in [9.17, 15) is 4.79 Å². The van der Waals surface area contributed by atoms with E-state index in [0.717, 1.165) is 25.1 Å². The van der Waals surface area contributed by atoms with Gasteiger partial charge in [-0.2, -0.15) is 0 Å². The smallest absolute Gasteiger partial charge is 0.305 e. The number of carboxylic acid groups (broad SMARTS) is 1. The first-order valence-electron chi connectivity index (χ1n) is 6.58. The van der Waals surface area contributed by atoms with Crippen molar-refractivity contribution in [1.29, 1.82) is 0 Å². The van der Waals surface area contributed by atoms with Crippen LogP contribution in [0.4, 0.5) is 5.69 Å². The van der Waals surface area contributed by atoms with E-state index in [1.807, 2.05) is 0 Å². The average molecular weight is 249 g/mol. The number of unbranched alkanes of at least 4 members (excludes halogenated alkanes) is 1. The third-order valence-corrected chi connectivity index (χ3v) is 3.23. The van der Waals surface area contributed by atoms with Crippen molar-refractivity contribution in [2.75, 3.05) is 18.0 Å². The summed E-state index contributed by atoms with van der Waals surface area (Å²) < 4.78 is 0. The maximum absolute atomic E-state index is 10.7. The van der Waals surface area contributed by atoms with Crippen LogP contribution in [0.1, 0.15) is 37.3 Å². The Morgan fingerprint density at radius 3 is 2.50 bits per heavy atom. The summed E-state index contributed by atoms with van der Waals surface area (Å²) in [6, 6.07) is 6.33. The van der Waals surface area contributed by atoms with Crippen molar-refractivity contribution in [3.05, 3.63) is 29.3 Å². The maximum atomic E-state index is 10.7. The summed E-state index contributed by atoms with van der Waals surface area (Å²) in [6.07, 6.45) is 2.40. The van der Waals surface area contributed by atoms with Crippen LogP contribution in [0.15, 0.2) is 18.2 Å². The predicted molar refractivity (Wildman–Crippen MR) is 75.3 cm³/mol. The zero-order valence-electron chi connectivity index (χ0n) is 11.6. The summed E-state index contributed by atoms with van der Waals surface area (Å²) in [7, 11) is 0. The van der Waals surface area contributed by atoms with E-state index in [1.165, 1.54) is 11.1 Å². The SMILES string of the molecule is CCCCN(CCC(=O)O)c1ccc(C)c(C)c1. The van der Waals surface area contributed by atoms with Crippen LogP contribution in [0.2, 0.25) is 0 Å². The standard InChI is InChI=1S/C15H23NO2/c1-4-5-9-16(10-8-15(17)18)14-7-6-12(2)13(3)11-14/h6-7,11H,4-5,8-10H2,1-3H3,(H,17,18). The van der Waals surface area contributed by atoms with Gasteiger partial charge in [-0.3, -0.25) is 4.79 Å². The number of hydrogen-bond acceptors (Lipinski definition) is 2. The molecule has 0 radical (unpaired) electrons. The van der Waals surface area contributed by atoms with E-state index in [4.69, 9.17) is 5.11 Å². The zero-order valence-corrected chi connectivity index (χ0v) is 11.6. The quantitative estimate of drug-likeness (QED) is 0.805. The molecule has 0 aliphatic heterocycles. The third-order valence-electron chi connectivity index (χ3n) is 3.23. The van der Waals surface area contributed by atoms with Gasteiger partial charge in [-0.05, 0) is 43.5 Å². The molecule has 0 aromatic heterocycles. The van der Waals surface area contributed by atoms with Crippen LogP contribution in [-0.4, -0.2) is 24.2 Å². The molecule has 0 amide bonds. The van der Waals surface area contributed by atoms with Crippen LogP contribution < -0.4 is 4.90 Å². The summed E-state index contributed by atoms with van der Waals surface area (Å²) in [6.45, 7) is 7.83. The number of rotatable bonds is 7. The Labute approximate surface area is 109 Å². The van der Waals surface area contributed by atoms with E-state index in [0.29, 0.717) is 6.54 Å². The van der Waals surface area contributed by atoms with Crippen LogP contribution >= 0.6 is 0 Å². The highest BCUT2D eigenvalue weighted by Gasteiger charge is 2.09. The second-order valence-corrected chi connectivity index (χ2v) is 4.75. The molecule has 0 saturated carbocycles. The molecule has 0 aliphatic rings. The van der Waals surface area contributed by atoms with Crippen LogP contribution in [0, 0.1) is 13.8 Å². The lowest BCUT2D eigenvalue weighted by Gasteiger charge is -2.24. The molecule has 0 heterocycles. The first-order chi connectivity index (χ1) is 8.54. The molecule has 3 nitrogen and oxygen atoms in total. The summed E-state index contributed by atoms with van der Waals surface area (Å²) in [5.74, 6) is -0.736. The van der Waals surface area contributed by atoms with Crippen molar-refractivity contribution in [2.45, 2.75) is 40.0 Å². The largest absolute Gasteiger partial charge is 0.481 e. The molecule has 1 aromatic rings. The van der Waals surface area contributed by atoms with Crippen LogP contribution in [-0.2, 0) is 4.79 Å². The Hall–Kier alpha value is -1.51. The molecule has 0 aliphatic carbocycles. The van der Waals surface area contributed by atoms with E-state index in [-0.39, 0.29) is 6.42 Å². The number of anilines is 1. The Bertz CT molecular complexity index is 401. The van der Waals surface area contributed by atoms with Gasteiger partial charge in [0, 0.05) is 18.8 Å². The normalized spacial score (nSPS) is 10.4. The first kappa shape index (κ1) is 14.6. The van der Waals surface area contributed by atoms with E-state index < -0.39 is 5.97 Å². The van der Waals surface area contributed by atoms with Gasteiger partial charge in [0.15, 0.2) is 0 Å². The third kappa shape index (κ3) is 4.40. The number of aryl methyl sites for hydroxylation is 2. The molecule has 0 fully saturated rings. The van der Waals surface area contributed by atoms with Crippen molar-refractivity contribution >= 4 is 11.7 Å². The van der Waals surface area contributed by atoms with E-state index >= 15 is 0 Å².